The Morgan fingerprint density at radius 1 is 1.32 bits per heavy atom. The van der Waals surface area contributed by atoms with E-state index < -0.39 is 28.4 Å². The van der Waals surface area contributed by atoms with Gasteiger partial charge >= 0.3 is 16.3 Å². The molecule has 0 aliphatic rings. The highest BCUT2D eigenvalue weighted by atomic mass is 32.2. The Balaban J connectivity index is 3.16. The summed E-state index contributed by atoms with van der Waals surface area (Å²) in [5.74, 6) is 2.19. The van der Waals surface area contributed by atoms with Gasteiger partial charge in [-0.2, -0.15) is 17.0 Å². The number of rotatable bonds is 7. The van der Waals surface area contributed by atoms with Crippen LogP contribution in [0.25, 0.3) is 0 Å². The van der Waals surface area contributed by atoms with Crippen LogP contribution in [0.15, 0.2) is 43.0 Å². The minimum atomic E-state index is -4.18. The molecule has 1 rings (SSSR count). The van der Waals surface area contributed by atoms with E-state index in [0.29, 0.717) is 4.31 Å². The van der Waals surface area contributed by atoms with Crippen molar-refractivity contribution < 1.29 is 17.9 Å². The maximum absolute atomic E-state index is 13.0. The molecule has 0 heterocycles. The van der Waals surface area contributed by atoms with Gasteiger partial charge in [-0.25, -0.2) is 4.79 Å². The molecule has 0 radical (unpaired) electrons. The molecule has 0 atom stereocenters. The van der Waals surface area contributed by atoms with Gasteiger partial charge < -0.3 is 4.74 Å². The Morgan fingerprint density at radius 2 is 1.92 bits per heavy atom. The minimum Gasteiger partial charge on any atom is -0.443 e. The van der Waals surface area contributed by atoms with Crippen LogP contribution in [0, 0.1) is 12.3 Å². The van der Waals surface area contributed by atoms with Crippen molar-refractivity contribution in [3.63, 3.8) is 0 Å². The van der Waals surface area contributed by atoms with Crippen molar-refractivity contribution in [3.05, 3.63) is 48.6 Å². The number of amides is 1. The molecule has 7 heteroatoms. The van der Waals surface area contributed by atoms with Crippen LogP contribution in [0.5, 0.6) is 0 Å². The molecule has 0 saturated heterocycles. The molecule has 25 heavy (non-hydrogen) atoms. The number of hydrogen-bond donors (Lipinski definition) is 0. The smallest absolute Gasteiger partial charge is 0.426 e. The van der Waals surface area contributed by atoms with Crippen LogP contribution in [0.1, 0.15) is 26.3 Å². The van der Waals surface area contributed by atoms with Crippen LogP contribution in [-0.4, -0.2) is 41.8 Å². The van der Waals surface area contributed by atoms with Crippen molar-refractivity contribution in [2.24, 2.45) is 0 Å². The second-order valence-electron chi connectivity index (χ2n) is 6.27. The quantitative estimate of drug-likeness (QED) is 0.551. The normalized spacial score (nSPS) is 11.6. The van der Waals surface area contributed by atoms with Crippen molar-refractivity contribution in [3.8, 4) is 12.3 Å². The molecule has 1 amide bonds. The van der Waals surface area contributed by atoms with Crippen LogP contribution in [0.2, 0.25) is 0 Å². The monoisotopic (exact) mass is 364 g/mol. The minimum absolute atomic E-state index is 0.0289. The molecule has 1 aromatic carbocycles. The average Bonchev–Trinajstić information content (AvgIpc) is 2.51. The first kappa shape index (κ1) is 20.7. The van der Waals surface area contributed by atoms with E-state index in [4.69, 9.17) is 11.2 Å². The third kappa shape index (κ3) is 6.25. The van der Waals surface area contributed by atoms with Crippen LogP contribution < -0.4 is 0 Å². The fourth-order valence-corrected chi connectivity index (χ4v) is 3.29. The summed E-state index contributed by atoms with van der Waals surface area (Å²) in [6.45, 7) is 8.23. The number of ether oxygens (including phenoxy) is 1. The Bertz CT molecular complexity index is 731. The summed E-state index contributed by atoms with van der Waals surface area (Å²) in [5, 5.41) is 0. The number of hydrogen-bond acceptors (Lipinski definition) is 4. The largest absolute Gasteiger partial charge is 0.443 e. The van der Waals surface area contributed by atoms with Gasteiger partial charge in [-0.15, -0.1) is 13.0 Å². The van der Waals surface area contributed by atoms with Crippen molar-refractivity contribution in [1.29, 1.82) is 0 Å². The molecule has 0 aliphatic heterocycles. The molecule has 0 aliphatic carbocycles. The Hall–Kier alpha value is -2.30. The van der Waals surface area contributed by atoms with Crippen molar-refractivity contribution in [2.75, 3.05) is 13.1 Å². The molecule has 6 nitrogen and oxygen atoms in total. The predicted molar refractivity (Wildman–Crippen MR) is 97.7 cm³/mol. The molecule has 0 bridgehead atoms. The van der Waals surface area contributed by atoms with Gasteiger partial charge in [0.1, 0.15) is 12.1 Å². The molecular weight excluding hydrogens is 340 g/mol. The SMILES string of the molecule is C#CCN(C(=O)OC(C)(C)C)S(=O)(=O)N(CC=C)Cc1ccccc1. The van der Waals surface area contributed by atoms with Crippen LogP contribution in [0.3, 0.4) is 0 Å². The van der Waals surface area contributed by atoms with E-state index in [9.17, 15) is 13.2 Å². The highest BCUT2D eigenvalue weighted by molar-refractivity contribution is 7.87. The Kier molecular flexibility index (Phi) is 7.22. The average molecular weight is 364 g/mol. The van der Waals surface area contributed by atoms with E-state index in [1.807, 2.05) is 6.07 Å². The second kappa shape index (κ2) is 8.70. The molecule has 0 fully saturated rings. The van der Waals surface area contributed by atoms with Crippen LogP contribution in [0.4, 0.5) is 4.79 Å². The highest BCUT2D eigenvalue weighted by Crippen LogP contribution is 2.17. The predicted octanol–water partition coefficient (Wildman–Crippen LogP) is 2.79. The first-order valence-corrected chi connectivity index (χ1v) is 9.10. The topological polar surface area (TPSA) is 66.9 Å². The lowest BCUT2D eigenvalue weighted by Crippen LogP contribution is -2.48. The zero-order valence-electron chi connectivity index (χ0n) is 14.8. The zero-order chi connectivity index (χ0) is 19.1. The molecule has 0 saturated carbocycles. The van der Waals surface area contributed by atoms with E-state index in [-0.39, 0.29) is 13.1 Å². The van der Waals surface area contributed by atoms with Gasteiger partial charge in [0.15, 0.2) is 0 Å². The van der Waals surface area contributed by atoms with Crippen molar-refractivity contribution >= 4 is 16.3 Å². The summed E-state index contributed by atoms with van der Waals surface area (Å²) in [4.78, 5) is 12.3. The maximum atomic E-state index is 13.0. The molecule has 0 aromatic heterocycles. The summed E-state index contributed by atoms with van der Waals surface area (Å²) in [6, 6.07) is 9.04. The first-order valence-electron chi connectivity index (χ1n) is 7.71. The zero-order valence-corrected chi connectivity index (χ0v) is 15.6. The molecule has 0 N–H and O–H groups in total. The number of terminal acetylenes is 1. The standard InChI is InChI=1S/C18H24N2O4S/c1-6-13-19(15-16-11-9-8-10-12-16)25(22,23)20(14-7-2)17(21)24-18(3,4)5/h2,6,8-12H,1,13-15H2,3-5H3. The number of benzene rings is 1. The molecule has 136 valence electrons. The summed E-state index contributed by atoms with van der Waals surface area (Å²) < 4.78 is 32.8. The van der Waals surface area contributed by atoms with Gasteiger partial charge in [-0.3, -0.25) is 0 Å². The first-order chi connectivity index (χ1) is 11.6. The van der Waals surface area contributed by atoms with Gasteiger partial charge in [-0.05, 0) is 26.3 Å². The second-order valence-corrected chi connectivity index (χ2v) is 8.12. The van der Waals surface area contributed by atoms with E-state index >= 15 is 0 Å². The number of carbonyl (C=O) groups is 1. The Labute approximate surface area is 150 Å². The van der Waals surface area contributed by atoms with Gasteiger partial charge in [0.2, 0.25) is 0 Å². The Morgan fingerprint density at radius 3 is 2.40 bits per heavy atom. The third-order valence-corrected chi connectivity index (χ3v) is 4.74. The van der Waals surface area contributed by atoms with Gasteiger partial charge in [0.05, 0.1) is 0 Å². The van der Waals surface area contributed by atoms with Crippen LogP contribution >= 0.6 is 0 Å². The maximum Gasteiger partial charge on any atom is 0.426 e. The summed E-state index contributed by atoms with van der Waals surface area (Å²) >= 11 is 0. The molecular formula is C18H24N2O4S. The van der Waals surface area contributed by atoms with Gasteiger partial charge in [0.25, 0.3) is 0 Å². The molecule has 1 aromatic rings. The number of nitrogens with zero attached hydrogens (tertiary/aromatic N) is 2. The fraction of sp³-hybridized carbons (Fsp3) is 0.389. The summed E-state index contributed by atoms with van der Waals surface area (Å²) in [7, 11) is -4.18. The summed E-state index contributed by atoms with van der Waals surface area (Å²) in [5.41, 5.74) is -0.0694. The lowest BCUT2D eigenvalue weighted by molar-refractivity contribution is 0.0397. The lowest BCUT2D eigenvalue weighted by atomic mass is 10.2. The molecule has 0 spiro atoms. The van der Waals surface area contributed by atoms with Gasteiger partial charge in [0, 0.05) is 13.1 Å². The number of carbonyl (C=O) groups excluding carboxylic acids is 1. The highest BCUT2D eigenvalue weighted by Gasteiger charge is 2.35. The van der Waals surface area contributed by atoms with E-state index in [2.05, 4.69) is 12.5 Å². The third-order valence-electron chi connectivity index (χ3n) is 2.97. The van der Waals surface area contributed by atoms with Crippen molar-refractivity contribution in [1.82, 2.24) is 8.61 Å². The summed E-state index contributed by atoms with van der Waals surface area (Å²) in [6.07, 6.45) is 5.69. The van der Waals surface area contributed by atoms with Crippen molar-refractivity contribution in [2.45, 2.75) is 32.9 Å². The fourth-order valence-electron chi connectivity index (χ4n) is 1.95. The van der Waals surface area contributed by atoms with E-state index in [0.717, 1.165) is 9.87 Å². The van der Waals surface area contributed by atoms with E-state index in [1.165, 1.54) is 6.08 Å². The molecule has 0 unspecified atom stereocenters. The van der Waals surface area contributed by atoms with E-state index in [1.54, 1.807) is 45.0 Å². The van der Waals surface area contributed by atoms with Gasteiger partial charge in [-0.1, -0.05) is 42.3 Å². The lowest BCUT2D eigenvalue weighted by Gasteiger charge is -2.30. The van der Waals surface area contributed by atoms with Crippen LogP contribution in [-0.2, 0) is 21.5 Å².